The minimum atomic E-state index is 0.323. The van der Waals surface area contributed by atoms with Gasteiger partial charge in [-0.3, -0.25) is 0 Å². The van der Waals surface area contributed by atoms with Gasteiger partial charge in [0.25, 0.3) is 0 Å². The molecule has 23 heavy (non-hydrogen) atoms. The van der Waals surface area contributed by atoms with Gasteiger partial charge in [0.1, 0.15) is 11.6 Å². The van der Waals surface area contributed by atoms with Crippen LogP contribution < -0.4 is 10.1 Å². The Morgan fingerprint density at radius 2 is 2.22 bits per heavy atom. The first-order valence-electron chi connectivity index (χ1n) is 7.84. The Morgan fingerprint density at radius 3 is 3.04 bits per heavy atom. The third-order valence-electron chi connectivity index (χ3n) is 3.79. The SMILES string of the molecule is N#Cc1cccnc1Oc1ccccc1NCC[C@@H]1CCCO1. The molecule has 1 aromatic carbocycles. The summed E-state index contributed by atoms with van der Waals surface area (Å²) in [6, 6.07) is 13.2. The van der Waals surface area contributed by atoms with Crippen molar-refractivity contribution < 1.29 is 9.47 Å². The molecule has 1 N–H and O–H groups in total. The molecular weight excluding hydrogens is 290 g/mol. The molecule has 2 aromatic rings. The third kappa shape index (κ3) is 3.99. The van der Waals surface area contributed by atoms with Crippen LogP contribution >= 0.6 is 0 Å². The lowest BCUT2D eigenvalue weighted by Crippen LogP contribution is -2.12. The van der Waals surface area contributed by atoms with E-state index in [9.17, 15) is 0 Å². The van der Waals surface area contributed by atoms with Crippen molar-refractivity contribution in [1.29, 1.82) is 5.26 Å². The van der Waals surface area contributed by atoms with E-state index in [0.717, 1.165) is 38.1 Å². The van der Waals surface area contributed by atoms with Gasteiger partial charge in [-0.25, -0.2) is 4.98 Å². The normalized spacial score (nSPS) is 16.7. The number of nitriles is 1. The lowest BCUT2D eigenvalue weighted by Gasteiger charge is -2.14. The summed E-state index contributed by atoms with van der Waals surface area (Å²) in [5.74, 6) is 0.985. The standard InChI is InChI=1S/C18H19N3O2/c19-13-14-5-3-10-21-18(14)23-17-8-2-1-7-16(17)20-11-9-15-6-4-12-22-15/h1-3,5,7-8,10,15,20H,4,6,9,11-12H2/t15-/m0/s1. The molecule has 5 heteroatoms. The largest absolute Gasteiger partial charge is 0.436 e. The second kappa shape index (κ2) is 7.61. The van der Waals surface area contributed by atoms with Crippen molar-refractivity contribution in [2.75, 3.05) is 18.5 Å². The molecule has 1 saturated heterocycles. The molecule has 0 aliphatic carbocycles. The van der Waals surface area contributed by atoms with Gasteiger partial charge in [-0.1, -0.05) is 12.1 Å². The summed E-state index contributed by atoms with van der Waals surface area (Å²) < 4.78 is 11.5. The summed E-state index contributed by atoms with van der Waals surface area (Å²) in [6.45, 7) is 1.69. The average molecular weight is 309 g/mol. The maximum Gasteiger partial charge on any atom is 0.237 e. The Labute approximate surface area is 135 Å². The molecule has 0 radical (unpaired) electrons. The van der Waals surface area contributed by atoms with Gasteiger partial charge in [-0.2, -0.15) is 5.26 Å². The average Bonchev–Trinajstić information content (AvgIpc) is 3.10. The van der Waals surface area contributed by atoms with E-state index in [1.807, 2.05) is 24.3 Å². The predicted octanol–water partition coefficient (Wildman–Crippen LogP) is 3.73. The molecule has 0 amide bonds. The highest BCUT2D eigenvalue weighted by Crippen LogP contribution is 2.29. The van der Waals surface area contributed by atoms with Gasteiger partial charge in [-0.15, -0.1) is 0 Å². The molecule has 1 atom stereocenters. The van der Waals surface area contributed by atoms with E-state index in [1.54, 1.807) is 18.3 Å². The summed E-state index contributed by atoms with van der Waals surface area (Å²) in [5.41, 5.74) is 1.31. The van der Waals surface area contributed by atoms with Gasteiger partial charge in [0, 0.05) is 19.3 Å². The molecule has 3 rings (SSSR count). The number of nitrogens with zero attached hydrogens (tertiary/aromatic N) is 2. The van der Waals surface area contributed by atoms with Crippen LogP contribution in [0.15, 0.2) is 42.6 Å². The highest BCUT2D eigenvalue weighted by atomic mass is 16.5. The zero-order valence-corrected chi connectivity index (χ0v) is 12.9. The molecule has 1 aromatic heterocycles. The van der Waals surface area contributed by atoms with Gasteiger partial charge >= 0.3 is 0 Å². The molecule has 0 bridgehead atoms. The molecule has 1 aliphatic rings. The number of anilines is 1. The predicted molar refractivity (Wildman–Crippen MR) is 87.5 cm³/mol. The first-order valence-corrected chi connectivity index (χ1v) is 7.84. The van der Waals surface area contributed by atoms with Crippen LogP contribution in [0.2, 0.25) is 0 Å². The van der Waals surface area contributed by atoms with Gasteiger partial charge < -0.3 is 14.8 Å². The van der Waals surface area contributed by atoms with E-state index in [0.29, 0.717) is 23.3 Å². The highest BCUT2D eigenvalue weighted by molar-refractivity contribution is 5.57. The Kier molecular flexibility index (Phi) is 5.07. The van der Waals surface area contributed by atoms with Crippen molar-refractivity contribution >= 4 is 5.69 Å². The minimum absolute atomic E-state index is 0.323. The summed E-state index contributed by atoms with van der Waals surface area (Å²) in [4.78, 5) is 4.14. The summed E-state index contributed by atoms with van der Waals surface area (Å²) >= 11 is 0. The summed E-state index contributed by atoms with van der Waals surface area (Å²) in [6.07, 6.45) is 5.24. The second-order valence-corrected chi connectivity index (χ2v) is 5.42. The molecule has 0 spiro atoms. The van der Waals surface area contributed by atoms with E-state index in [-0.39, 0.29) is 0 Å². The van der Waals surface area contributed by atoms with Crippen molar-refractivity contribution in [3.05, 3.63) is 48.2 Å². The number of benzene rings is 1. The third-order valence-corrected chi connectivity index (χ3v) is 3.79. The topological polar surface area (TPSA) is 67.2 Å². The van der Waals surface area contributed by atoms with Crippen LogP contribution in [0.1, 0.15) is 24.8 Å². The zero-order valence-electron chi connectivity index (χ0n) is 12.9. The fraction of sp³-hybridized carbons (Fsp3) is 0.333. The molecule has 2 heterocycles. The van der Waals surface area contributed by atoms with Crippen LogP contribution in [0.5, 0.6) is 11.6 Å². The Morgan fingerprint density at radius 1 is 1.30 bits per heavy atom. The number of pyridine rings is 1. The van der Waals surface area contributed by atoms with E-state index in [4.69, 9.17) is 14.7 Å². The zero-order chi connectivity index (χ0) is 15.9. The van der Waals surface area contributed by atoms with E-state index < -0.39 is 0 Å². The molecule has 1 fully saturated rings. The van der Waals surface area contributed by atoms with Crippen LogP contribution in [-0.4, -0.2) is 24.2 Å². The van der Waals surface area contributed by atoms with Crippen LogP contribution in [0, 0.1) is 11.3 Å². The Bertz CT molecular complexity index is 691. The Hall–Kier alpha value is -2.58. The number of hydrogen-bond acceptors (Lipinski definition) is 5. The smallest absolute Gasteiger partial charge is 0.237 e. The summed E-state index contributed by atoms with van der Waals surface area (Å²) in [7, 11) is 0. The first kappa shape index (κ1) is 15.3. The van der Waals surface area contributed by atoms with Gasteiger partial charge in [-0.05, 0) is 43.5 Å². The van der Waals surface area contributed by atoms with Crippen molar-refractivity contribution in [3.63, 3.8) is 0 Å². The monoisotopic (exact) mass is 309 g/mol. The molecule has 0 unspecified atom stereocenters. The Balaban J connectivity index is 1.66. The van der Waals surface area contributed by atoms with Crippen LogP contribution in [0.25, 0.3) is 0 Å². The maximum absolute atomic E-state index is 9.13. The highest BCUT2D eigenvalue weighted by Gasteiger charge is 2.15. The molecule has 1 aliphatic heterocycles. The fourth-order valence-corrected chi connectivity index (χ4v) is 2.60. The van der Waals surface area contributed by atoms with Gasteiger partial charge in [0.2, 0.25) is 5.88 Å². The van der Waals surface area contributed by atoms with E-state index >= 15 is 0 Å². The number of aromatic nitrogens is 1. The number of para-hydroxylation sites is 2. The molecule has 118 valence electrons. The molecular formula is C18H19N3O2. The van der Waals surface area contributed by atoms with Crippen LogP contribution in [0.4, 0.5) is 5.69 Å². The number of ether oxygens (including phenoxy) is 2. The van der Waals surface area contributed by atoms with Gasteiger partial charge in [0.05, 0.1) is 11.8 Å². The maximum atomic E-state index is 9.13. The number of rotatable bonds is 6. The lowest BCUT2D eigenvalue weighted by molar-refractivity contribution is 0.107. The summed E-state index contributed by atoms with van der Waals surface area (Å²) in [5, 5.41) is 12.5. The number of nitrogens with one attached hydrogen (secondary N) is 1. The second-order valence-electron chi connectivity index (χ2n) is 5.42. The number of hydrogen-bond donors (Lipinski definition) is 1. The quantitative estimate of drug-likeness (QED) is 0.880. The van der Waals surface area contributed by atoms with E-state index in [1.165, 1.54) is 0 Å². The van der Waals surface area contributed by atoms with E-state index in [2.05, 4.69) is 16.4 Å². The first-order chi connectivity index (χ1) is 11.4. The minimum Gasteiger partial charge on any atom is -0.436 e. The van der Waals surface area contributed by atoms with Crippen molar-refractivity contribution in [2.45, 2.75) is 25.4 Å². The molecule has 0 saturated carbocycles. The molecule has 5 nitrogen and oxygen atoms in total. The lowest BCUT2D eigenvalue weighted by atomic mass is 10.2. The van der Waals surface area contributed by atoms with Crippen molar-refractivity contribution in [2.24, 2.45) is 0 Å². The van der Waals surface area contributed by atoms with Crippen molar-refractivity contribution in [1.82, 2.24) is 4.98 Å². The van der Waals surface area contributed by atoms with Crippen LogP contribution in [0.3, 0.4) is 0 Å². The van der Waals surface area contributed by atoms with Crippen LogP contribution in [-0.2, 0) is 4.74 Å². The fourth-order valence-electron chi connectivity index (χ4n) is 2.60. The van der Waals surface area contributed by atoms with Crippen molar-refractivity contribution in [3.8, 4) is 17.7 Å². The van der Waals surface area contributed by atoms with Gasteiger partial charge in [0.15, 0.2) is 5.75 Å².